The Morgan fingerprint density at radius 3 is 2.50 bits per heavy atom. The number of unbranched alkanes of at least 4 members (excludes halogenated alkanes) is 3. The van der Waals surface area contributed by atoms with Crippen LogP contribution in [-0.4, -0.2) is 16.3 Å². The first-order valence-electron chi connectivity index (χ1n) is 4.03. The molecule has 5 nitrogen and oxygen atoms in total. The third-order valence-electron chi connectivity index (χ3n) is 1.32. The van der Waals surface area contributed by atoms with E-state index in [2.05, 4.69) is 17.0 Å². The Hall–Kier alpha value is 0.0700. The fourth-order valence-electron chi connectivity index (χ4n) is 0.754. The number of phosphoric acid groups is 1. The molecule has 0 saturated carbocycles. The van der Waals surface area contributed by atoms with Crippen LogP contribution in [0.5, 0.6) is 0 Å². The average Bonchev–Trinajstić information content (AvgIpc) is 1.94. The molecule has 0 aliphatic heterocycles. The van der Waals surface area contributed by atoms with Crippen LogP contribution in [0.4, 0.5) is 0 Å². The smallest absolute Gasteiger partial charge is 0.302 e. The number of rotatable bonds is 7. The van der Waals surface area contributed by atoms with Gasteiger partial charge in [0.15, 0.2) is 0 Å². The number of hydrogen-bond donors (Lipinski definition) is 3. The molecular weight excluding hydrogens is 181 g/mol. The number of hydroxylamine groups is 1. The van der Waals surface area contributed by atoms with Crippen LogP contribution in [0.2, 0.25) is 0 Å². The summed E-state index contributed by atoms with van der Waals surface area (Å²) in [6.07, 6.45) is 4.19. The Morgan fingerprint density at radius 1 is 1.33 bits per heavy atom. The van der Waals surface area contributed by atoms with Crippen molar-refractivity contribution in [3.8, 4) is 0 Å². The largest absolute Gasteiger partial charge is 0.486 e. The van der Waals surface area contributed by atoms with Gasteiger partial charge in [-0.3, -0.25) is 0 Å². The van der Waals surface area contributed by atoms with E-state index in [1.165, 1.54) is 0 Å². The Kier molecular flexibility index (Phi) is 6.61. The standard InChI is InChI=1S/C6H16NO4P/c1-2-3-4-5-6-7-11-12(8,9)10/h7H,2-6H2,1H3,(H2,8,9,10). The second-order valence-corrected chi connectivity index (χ2v) is 3.70. The summed E-state index contributed by atoms with van der Waals surface area (Å²) in [6.45, 7) is 2.57. The van der Waals surface area contributed by atoms with E-state index in [1.54, 1.807) is 0 Å². The van der Waals surface area contributed by atoms with Crippen molar-refractivity contribution in [3.05, 3.63) is 0 Å². The van der Waals surface area contributed by atoms with Crippen molar-refractivity contribution in [2.24, 2.45) is 0 Å². The van der Waals surface area contributed by atoms with Gasteiger partial charge in [-0.15, -0.1) is 0 Å². The lowest BCUT2D eigenvalue weighted by molar-refractivity contribution is 0.124. The molecule has 0 aliphatic rings. The first kappa shape index (κ1) is 12.1. The van der Waals surface area contributed by atoms with Gasteiger partial charge >= 0.3 is 7.82 Å². The highest BCUT2D eigenvalue weighted by Crippen LogP contribution is 2.33. The summed E-state index contributed by atoms with van der Waals surface area (Å²) in [5.74, 6) is 0. The van der Waals surface area contributed by atoms with Gasteiger partial charge in [0, 0.05) is 6.54 Å². The maximum Gasteiger partial charge on any atom is 0.486 e. The molecule has 0 aliphatic carbocycles. The fourth-order valence-corrected chi connectivity index (χ4v) is 1.01. The predicted octanol–water partition coefficient (Wildman–Crippen LogP) is 1.18. The second kappa shape index (κ2) is 6.57. The highest BCUT2D eigenvalue weighted by atomic mass is 31.2. The number of hydrogen-bond acceptors (Lipinski definition) is 3. The Balaban J connectivity index is 3.06. The summed E-state index contributed by atoms with van der Waals surface area (Å²) in [7, 11) is -4.33. The Labute approximate surface area is 72.3 Å². The van der Waals surface area contributed by atoms with E-state index in [0.29, 0.717) is 6.54 Å². The van der Waals surface area contributed by atoms with Gasteiger partial charge in [-0.05, 0) is 6.42 Å². The van der Waals surface area contributed by atoms with Gasteiger partial charge in [0.1, 0.15) is 0 Å². The van der Waals surface area contributed by atoms with Gasteiger partial charge in [-0.25, -0.2) is 4.57 Å². The molecule has 3 N–H and O–H groups in total. The minimum absolute atomic E-state index is 0.477. The van der Waals surface area contributed by atoms with Crippen molar-refractivity contribution in [2.75, 3.05) is 6.54 Å². The highest BCUT2D eigenvalue weighted by Gasteiger charge is 2.12. The van der Waals surface area contributed by atoms with E-state index in [1.807, 2.05) is 0 Å². The summed E-state index contributed by atoms with van der Waals surface area (Å²) in [6, 6.07) is 0. The third-order valence-corrected chi connectivity index (χ3v) is 1.68. The maximum absolute atomic E-state index is 10.1. The van der Waals surface area contributed by atoms with Crippen LogP contribution >= 0.6 is 7.82 Å². The van der Waals surface area contributed by atoms with Gasteiger partial charge in [0.2, 0.25) is 0 Å². The second-order valence-electron chi connectivity index (χ2n) is 2.54. The van der Waals surface area contributed by atoms with Crippen LogP contribution < -0.4 is 5.48 Å². The molecule has 6 heteroatoms. The molecule has 0 saturated heterocycles. The van der Waals surface area contributed by atoms with Crippen molar-refractivity contribution in [1.29, 1.82) is 0 Å². The first-order valence-corrected chi connectivity index (χ1v) is 5.56. The molecule has 0 aromatic heterocycles. The number of nitrogens with one attached hydrogen (secondary N) is 1. The molecule has 0 amide bonds. The third kappa shape index (κ3) is 10.1. The Morgan fingerprint density at radius 2 is 2.00 bits per heavy atom. The van der Waals surface area contributed by atoms with Crippen molar-refractivity contribution >= 4 is 7.82 Å². The van der Waals surface area contributed by atoms with Gasteiger partial charge in [0.25, 0.3) is 0 Å². The van der Waals surface area contributed by atoms with Gasteiger partial charge < -0.3 is 9.79 Å². The van der Waals surface area contributed by atoms with Gasteiger partial charge in [0.05, 0.1) is 0 Å². The molecule has 74 valence electrons. The average molecular weight is 197 g/mol. The SMILES string of the molecule is CCCCCCNOP(=O)(O)O. The minimum atomic E-state index is -4.33. The summed E-state index contributed by atoms with van der Waals surface area (Å²) < 4.78 is 14.2. The molecule has 0 rings (SSSR count). The van der Waals surface area contributed by atoms with Crippen molar-refractivity contribution in [1.82, 2.24) is 5.48 Å². The van der Waals surface area contributed by atoms with E-state index >= 15 is 0 Å². The van der Waals surface area contributed by atoms with E-state index in [-0.39, 0.29) is 0 Å². The lowest BCUT2D eigenvalue weighted by Gasteiger charge is -2.05. The normalized spacial score (nSPS) is 11.9. The van der Waals surface area contributed by atoms with Crippen molar-refractivity contribution in [2.45, 2.75) is 32.6 Å². The van der Waals surface area contributed by atoms with Crippen LogP contribution in [0, 0.1) is 0 Å². The lowest BCUT2D eigenvalue weighted by Crippen LogP contribution is -2.14. The maximum atomic E-state index is 10.1. The quantitative estimate of drug-likeness (QED) is 0.324. The fraction of sp³-hybridized carbons (Fsp3) is 1.00. The summed E-state index contributed by atoms with van der Waals surface area (Å²) in [4.78, 5) is 16.5. The van der Waals surface area contributed by atoms with Gasteiger partial charge in [-0.1, -0.05) is 26.2 Å². The van der Waals surface area contributed by atoms with Crippen LogP contribution in [0.3, 0.4) is 0 Å². The Bertz CT molecular complexity index is 146. The molecule has 0 spiro atoms. The topological polar surface area (TPSA) is 78.8 Å². The van der Waals surface area contributed by atoms with Crippen LogP contribution in [-0.2, 0) is 9.19 Å². The molecule has 0 atom stereocenters. The van der Waals surface area contributed by atoms with E-state index in [4.69, 9.17) is 9.79 Å². The molecule has 0 bridgehead atoms. The van der Waals surface area contributed by atoms with E-state index in [9.17, 15) is 4.57 Å². The summed E-state index contributed by atoms with van der Waals surface area (Å²) >= 11 is 0. The van der Waals surface area contributed by atoms with Gasteiger partial charge in [-0.2, -0.15) is 10.1 Å². The molecule has 0 aromatic carbocycles. The molecule has 0 heterocycles. The summed E-state index contributed by atoms with van der Waals surface area (Å²) in [5, 5.41) is 0. The highest BCUT2D eigenvalue weighted by molar-refractivity contribution is 7.46. The molecule has 12 heavy (non-hydrogen) atoms. The minimum Gasteiger partial charge on any atom is -0.302 e. The molecule has 0 aromatic rings. The predicted molar refractivity (Wildman–Crippen MR) is 45.3 cm³/mol. The summed E-state index contributed by atoms with van der Waals surface area (Å²) in [5.41, 5.74) is 2.22. The first-order chi connectivity index (χ1) is 5.56. The lowest BCUT2D eigenvalue weighted by atomic mass is 10.2. The van der Waals surface area contributed by atoms with E-state index in [0.717, 1.165) is 25.7 Å². The van der Waals surface area contributed by atoms with Crippen molar-refractivity contribution in [3.63, 3.8) is 0 Å². The zero-order valence-electron chi connectivity index (χ0n) is 7.19. The molecular formula is C6H16NO4P. The van der Waals surface area contributed by atoms with E-state index < -0.39 is 7.82 Å². The molecule has 0 radical (unpaired) electrons. The zero-order valence-corrected chi connectivity index (χ0v) is 8.09. The van der Waals surface area contributed by atoms with Crippen LogP contribution in [0.25, 0.3) is 0 Å². The van der Waals surface area contributed by atoms with Crippen LogP contribution in [0.15, 0.2) is 0 Å². The monoisotopic (exact) mass is 197 g/mol. The zero-order chi connectivity index (χ0) is 9.45. The van der Waals surface area contributed by atoms with Crippen LogP contribution in [0.1, 0.15) is 32.6 Å². The molecule has 0 unspecified atom stereocenters. The van der Waals surface area contributed by atoms with Crippen molar-refractivity contribution < 1.29 is 19.0 Å². The molecule has 0 fully saturated rings.